The Balaban J connectivity index is 0.00000220. The summed E-state index contributed by atoms with van der Waals surface area (Å²) in [7, 11) is 0. The number of halogens is 3. The summed E-state index contributed by atoms with van der Waals surface area (Å²) in [6, 6.07) is 0. The fourth-order valence-electron chi connectivity index (χ4n) is 2.46. The maximum atomic E-state index is 13.8. The van der Waals surface area contributed by atoms with Gasteiger partial charge in [0.15, 0.2) is 0 Å². The van der Waals surface area contributed by atoms with Crippen LogP contribution in [0.3, 0.4) is 0 Å². The minimum Gasteiger partial charge on any atom is -0.349 e. The number of aromatic nitrogens is 1. The molecule has 0 atom stereocenters. The first-order valence-electron chi connectivity index (χ1n) is 6.78. The summed E-state index contributed by atoms with van der Waals surface area (Å²) in [4.78, 5) is 15.2. The Kier molecular flexibility index (Phi) is 6.49. The number of carbonyl (C=O) groups is 1. The van der Waals surface area contributed by atoms with Gasteiger partial charge in [-0.3, -0.25) is 4.79 Å². The van der Waals surface area contributed by atoms with Crippen LogP contribution >= 0.6 is 23.7 Å². The van der Waals surface area contributed by atoms with Gasteiger partial charge in [-0.2, -0.15) is 8.78 Å². The highest BCUT2D eigenvalue weighted by Gasteiger charge is 2.43. The second kappa shape index (κ2) is 7.47. The summed E-state index contributed by atoms with van der Waals surface area (Å²) in [5, 5.41) is 3.48. The molecule has 0 spiro atoms. The Hall–Kier alpha value is -0.790. The highest BCUT2D eigenvalue weighted by molar-refractivity contribution is 7.07. The quantitative estimate of drug-likeness (QED) is 0.829. The number of thiazole rings is 1. The summed E-state index contributed by atoms with van der Waals surface area (Å²) in [5.74, 6) is -4.92. The van der Waals surface area contributed by atoms with E-state index in [9.17, 15) is 13.6 Å². The molecule has 1 aliphatic rings. The number of hydrogen-bond acceptors (Lipinski definition) is 4. The van der Waals surface area contributed by atoms with Crippen LogP contribution in [0.25, 0.3) is 0 Å². The number of carbonyl (C=O) groups excluding carboxylic acids is 1. The molecule has 1 aliphatic carbocycles. The summed E-state index contributed by atoms with van der Waals surface area (Å²) in [6.07, 6.45) is 5.71. The van der Waals surface area contributed by atoms with Gasteiger partial charge < -0.3 is 11.1 Å². The molecule has 0 radical (unpaired) electrons. The Labute approximate surface area is 132 Å². The van der Waals surface area contributed by atoms with Gasteiger partial charge in [-0.15, -0.1) is 23.7 Å². The maximum Gasteiger partial charge on any atom is 0.366 e. The Morgan fingerprint density at radius 1 is 1.38 bits per heavy atom. The number of nitrogens with zero attached hydrogens (tertiary/aromatic N) is 1. The van der Waals surface area contributed by atoms with Crippen LogP contribution in [0, 0.1) is 0 Å². The molecule has 1 aromatic rings. The zero-order valence-electron chi connectivity index (χ0n) is 11.6. The van der Waals surface area contributed by atoms with E-state index in [-0.39, 0.29) is 19.0 Å². The second-order valence-corrected chi connectivity index (χ2v) is 6.13. The molecule has 0 unspecified atom stereocenters. The highest BCUT2D eigenvalue weighted by Crippen LogP contribution is 2.29. The standard InChI is InChI=1S/C13H19F2N3OS.ClH/c14-13(15,10-7-20-9-18-10)11(19)17-8-12(16)5-3-1-2-4-6-12;/h7,9H,1-6,8,16H2,(H,17,19);1H. The summed E-state index contributed by atoms with van der Waals surface area (Å²) in [5.41, 5.74) is 6.41. The molecule has 0 bridgehead atoms. The van der Waals surface area contributed by atoms with Crippen molar-refractivity contribution in [1.82, 2.24) is 10.3 Å². The minimum absolute atomic E-state index is 0. The third-order valence-electron chi connectivity index (χ3n) is 3.74. The SMILES string of the molecule is Cl.NC1(CNC(=O)C(F)(F)c2cscn2)CCCCCC1. The molecule has 1 saturated carbocycles. The van der Waals surface area contributed by atoms with E-state index >= 15 is 0 Å². The van der Waals surface area contributed by atoms with E-state index in [1.165, 1.54) is 10.9 Å². The van der Waals surface area contributed by atoms with Gasteiger partial charge in [-0.25, -0.2) is 4.98 Å². The van der Waals surface area contributed by atoms with Gasteiger partial charge in [0.2, 0.25) is 0 Å². The van der Waals surface area contributed by atoms with Crippen molar-refractivity contribution in [3.05, 3.63) is 16.6 Å². The van der Waals surface area contributed by atoms with Gasteiger partial charge in [0.25, 0.3) is 5.91 Å². The number of nitrogens with two attached hydrogens (primary N) is 1. The van der Waals surface area contributed by atoms with E-state index in [0.717, 1.165) is 49.9 Å². The van der Waals surface area contributed by atoms with Gasteiger partial charge in [-0.05, 0) is 12.8 Å². The van der Waals surface area contributed by atoms with Crippen molar-refractivity contribution < 1.29 is 13.6 Å². The summed E-state index contributed by atoms with van der Waals surface area (Å²) >= 11 is 1.04. The normalized spacial score (nSPS) is 18.4. The van der Waals surface area contributed by atoms with Crippen LogP contribution in [0.15, 0.2) is 10.9 Å². The predicted octanol–water partition coefficient (Wildman–Crippen LogP) is 2.82. The summed E-state index contributed by atoms with van der Waals surface area (Å²) in [6.45, 7) is 0.0888. The van der Waals surface area contributed by atoms with E-state index in [2.05, 4.69) is 10.3 Å². The number of alkyl halides is 2. The number of rotatable bonds is 4. The number of nitrogens with one attached hydrogen (secondary N) is 1. The molecule has 4 nitrogen and oxygen atoms in total. The Morgan fingerprint density at radius 3 is 2.52 bits per heavy atom. The third-order valence-corrected chi connectivity index (χ3v) is 4.33. The average molecular weight is 340 g/mol. The van der Waals surface area contributed by atoms with Crippen LogP contribution in [0.5, 0.6) is 0 Å². The van der Waals surface area contributed by atoms with Gasteiger partial charge in [0.05, 0.1) is 5.51 Å². The van der Waals surface area contributed by atoms with E-state index in [4.69, 9.17) is 5.73 Å². The topological polar surface area (TPSA) is 68.0 Å². The van der Waals surface area contributed by atoms with Crippen LogP contribution in [0.1, 0.15) is 44.2 Å². The van der Waals surface area contributed by atoms with Gasteiger partial charge in [0, 0.05) is 17.5 Å². The fraction of sp³-hybridized carbons (Fsp3) is 0.692. The molecule has 8 heteroatoms. The van der Waals surface area contributed by atoms with Gasteiger partial charge in [0.1, 0.15) is 5.69 Å². The maximum absolute atomic E-state index is 13.8. The molecule has 1 fully saturated rings. The molecule has 1 amide bonds. The first kappa shape index (κ1) is 18.3. The van der Waals surface area contributed by atoms with Crippen molar-refractivity contribution >= 4 is 29.7 Å². The van der Waals surface area contributed by atoms with Crippen LogP contribution in [-0.4, -0.2) is 23.0 Å². The lowest BCUT2D eigenvalue weighted by molar-refractivity contribution is -0.147. The first-order valence-corrected chi connectivity index (χ1v) is 7.72. The molecule has 21 heavy (non-hydrogen) atoms. The van der Waals surface area contributed by atoms with Crippen LogP contribution < -0.4 is 11.1 Å². The van der Waals surface area contributed by atoms with Gasteiger partial charge >= 0.3 is 5.92 Å². The van der Waals surface area contributed by atoms with Crippen molar-refractivity contribution in [3.8, 4) is 0 Å². The number of amides is 1. The van der Waals surface area contributed by atoms with Crippen LogP contribution in [0.4, 0.5) is 8.78 Å². The van der Waals surface area contributed by atoms with Crippen molar-refractivity contribution in [2.24, 2.45) is 5.73 Å². The van der Waals surface area contributed by atoms with Gasteiger partial charge in [-0.1, -0.05) is 25.7 Å². The Morgan fingerprint density at radius 2 is 2.00 bits per heavy atom. The molecule has 1 heterocycles. The van der Waals surface area contributed by atoms with Crippen molar-refractivity contribution in [1.29, 1.82) is 0 Å². The molecular formula is C13H20ClF2N3OS. The van der Waals surface area contributed by atoms with E-state index in [1.54, 1.807) is 0 Å². The molecule has 120 valence electrons. The average Bonchev–Trinajstić information content (AvgIpc) is 2.87. The third kappa shape index (κ3) is 4.59. The minimum atomic E-state index is -3.60. The predicted molar refractivity (Wildman–Crippen MR) is 80.9 cm³/mol. The molecule has 0 aliphatic heterocycles. The highest BCUT2D eigenvalue weighted by atomic mass is 35.5. The molecular weight excluding hydrogens is 320 g/mol. The summed E-state index contributed by atoms with van der Waals surface area (Å²) < 4.78 is 27.7. The lowest BCUT2D eigenvalue weighted by atomic mass is 9.91. The molecule has 3 N–H and O–H groups in total. The molecule has 2 rings (SSSR count). The fourth-order valence-corrected chi connectivity index (χ4v) is 3.03. The zero-order chi connectivity index (χ0) is 14.6. The van der Waals surface area contributed by atoms with Crippen LogP contribution in [0.2, 0.25) is 0 Å². The second-order valence-electron chi connectivity index (χ2n) is 5.41. The van der Waals surface area contributed by atoms with E-state index < -0.39 is 23.1 Å². The van der Waals surface area contributed by atoms with Crippen molar-refractivity contribution in [2.75, 3.05) is 6.54 Å². The van der Waals surface area contributed by atoms with Crippen molar-refractivity contribution in [2.45, 2.75) is 50.0 Å². The lowest BCUT2D eigenvalue weighted by Gasteiger charge is -2.29. The molecule has 0 aromatic carbocycles. The van der Waals surface area contributed by atoms with E-state index in [0.29, 0.717) is 0 Å². The Bertz CT molecular complexity index is 448. The smallest absolute Gasteiger partial charge is 0.349 e. The lowest BCUT2D eigenvalue weighted by Crippen LogP contribution is -2.52. The van der Waals surface area contributed by atoms with E-state index in [1.807, 2.05) is 0 Å². The molecule has 1 aromatic heterocycles. The molecule has 0 saturated heterocycles. The largest absolute Gasteiger partial charge is 0.366 e. The van der Waals surface area contributed by atoms with Crippen molar-refractivity contribution in [3.63, 3.8) is 0 Å². The van der Waals surface area contributed by atoms with Crippen LogP contribution in [-0.2, 0) is 10.7 Å². The number of hydrogen-bond donors (Lipinski definition) is 2. The first-order chi connectivity index (χ1) is 9.44. The monoisotopic (exact) mass is 339 g/mol. The zero-order valence-corrected chi connectivity index (χ0v) is 13.2.